The molecule has 0 fully saturated rings. The van der Waals surface area contributed by atoms with E-state index in [1.165, 1.54) is 12.3 Å². The van der Waals surface area contributed by atoms with Gasteiger partial charge in [0.1, 0.15) is 5.75 Å². The van der Waals surface area contributed by atoms with Gasteiger partial charge < -0.3 is 20.1 Å². The van der Waals surface area contributed by atoms with Crippen molar-refractivity contribution in [3.05, 3.63) is 58.1 Å². The van der Waals surface area contributed by atoms with Gasteiger partial charge in [-0.2, -0.15) is 5.10 Å². The summed E-state index contributed by atoms with van der Waals surface area (Å²) in [6.07, 6.45) is 2.03. The first kappa shape index (κ1) is 27.1. The van der Waals surface area contributed by atoms with Gasteiger partial charge >= 0.3 is 11.8 Å². The van der Waals surface area contributed by atoms with Crippen LogP contribution in [0.1, 0.15) is 25.8 Å². The van der Waals surface area contributed by atoms with E-state index in [4.69, 9.17) is 32.7 Å². The molecule has 2 rings (SSSR count). The second-order valence-electron chi connectivity index (χ2n) is 7.23. The third kappa shape index (κ3) is 9.78. The van der Waals surface area contributed by atoms with Gasteiger partial charge in [-0.1, -0.05) is 35.3 Å². The molecule has 2 aromatic rings. The largest absolute Gasteiger partial charge is 0.482 e. The lowest BCUT2D eigenvalue weighted by Gasteiger charge is -2.10. The van der Waals surface area contributed by atoms with Crippen molar-refractivity contribution in [3.8, 4) is 5.75 Å². The number of hydrogen-bond acceptors (Lipinski definition) is 6. The summed E-state index contributed by atoms with van der Waals surface area (Å²) in [5, 5.41) is 9.52. The van der Waals surface area contributed by atoms with Gasteiger partial charge in [0, 0.05) is 13.2 Å². The van der Waals surface area contributed by atoms with Gasteiger partial charge in [-0.05, 0) is 56.2 Å². The second kappa shape index (κ2) is 14.2. The fourth-order valence-electron chi connectivity index (χ4n) is 2.50. The monoisotopic (exact) mass is 508 g/mol. The highest BCUT2D eigenvalue weighted by Crippen LogP contribution is 2.25. The summed E-state index contributed by atoms with van der Waals surface area (Å²) >= 11 is 12.2. The number of rotatable bonds is 11. The molecule has 9 nitrogen and oxygen atoms in total. The Morgan fingerprint density at radius 1 is 1.06 bits per heavy atom. The maximum atomic E-state index is 12.1. The van der Waals surface area contributed by atoms with Crippen LogP contribution in [-0.2, 0) is 19.1 Å². The molecule has 11 heteroatoms. The molecule has 3 amide bonds. The molecule has 0 aliphatic carbocycles. The van der Waals surface area contributed by atoms with Crippen LogP contribution in [0.2, 0.25) is 10.0 Å². The Balaban J connectivity index is 1.76. The van der Waals surface area contributed by atoms with Crippen LogP contribution in [0.15, 0.2) is 47.6 Å². The minimum atomic E-state index is -0.892. The van der Waals surface area contributed by atoms with E-state index >= 15 is 0 Å². The number of nitrogens with one attached hydrogen (secondary N) is 3. The zero-order chi connectivity index (χ0) is 24.9. The highest BCUT2D eigenvalue weighted by molar-refractivity contribution is 6.35. The molecule has 2 aromatic carbocycles. The molecule has 0 aliphatic heterocycles. The Kier molecular flexibility index (Phi) is 11.3. The molecule has 0 bridgehead atoms. The van der Waals surface area contributed by atoms with Gasteiger partial charge in [0.25, 0.3) is 5.91 Å². The Labute approximate surface area is 207 Å². The summed E-state index contributed by atoms with van der Waals surface area (Å²) in [5.74, 6) is -1.80. The summed E-state index contributed by atoms with van der Waals surface area (Å²) in [7, 11) is 0. The van der Waals surface area contributed by atoms with Crippen molar-refractivity contribution in [1.82, 2.24) is 10.7 Å². The highest BCUT2D eigenvalue weighted by Gasteiger charge is 2.12. The van der Waals surface area contributed by atoms with Crippen molar-refractivity contribution in [1.29, 1.82) is 0 Å². The van der Waals surface area contributed by atoms with Crippen LogP contribution in [0.4, 0.5) is 5.69 Å². The number of carbonyl (C=O) groups excluding carboxylic acids is 3. The summed E-state index contributed by atoms with van der Waals surface area (Å²) in [6, 6.07) is 11.6. The molecule has 0 unspecified atom stereocenters. The molecule has 3 N–H and O–H groups in total. The molecule has 0 heterocycles. The van der Waals surface area contributed by atoms with E-state index in [2.05, 4.69) is 21.2 Å². The molecule has 0 saturated heterocycles. The van der Waals surface area contributed by atoms with Crippen LogP contribution in [0.25, 0.3) is 0 Å². The van der Waals surface area contributed by atoms with Crippen molar-refractivity contribution >= 4 is 52.8 Å². The second-order valence-corrected chi connectivity index (χ2v) is 8.05. The quantitative estimate of drug-likeness (QED) is 0.186. The van der Waals surface area contributed by atoms with E-state index < -0.39 is 17.7 Å². The Morgan fingerprint density at radius 2 is 1.82 bits per heavy atom. The maximum Gasteiger partial charge on any atom is 0.329 e. The van der Waals surface area contributed by atoms with Crippen molar-refractivity contribution in [2.24, 2.45) is 5.10 Å². The number of halogens is 2. The predicted octanol–water partition coefficient (Wildman–Crippen LogP) is 3.39. The fourth-order valence-corrected chi connectivity index (χ4v) is 2.92. The minimum Gasteiger partial charge on any atom is -0.482 e. The van der Waals surface area contributed by atoms with Gasteiger partial charge in [0.2, 0.25) is 0 Å². The normalized spacial score (nSPS) is 10.9. The standard InChI is InChI=1S/C23H26Cl2N4O5/c1-15(2)33-11-5-10-26-22(31)23(32)29-27-13-16-8-9-20(18(25)12-16)34-14-21(30)28-19-7-4-3-6-17(19)24/h3-4,6-9,12-13,15H,5,10-11,14H2,1-2H3,(H,26,31)(H,28,30)(H,29,32)/b27-13-. The fraction of sp³-hybridized carbons (Fsp3) is 0.304. The van der Waals surface area contributed by atoms with E-state index in [9.17, 15) is 14.4 Å². The van der Waals surface area contributed by atoms with E-state index in [0.717, 1.165) is 0 Å². The highest BCUT2D eigenvalue weighted by atomic mass is 35.5. The summed E-state index contributed by atoms with van der Waals surface area (Å²) in [4.78, 5) is 35.6. The van der Waals surface area contributed by atoms with E-state index in [-0.39, 0.29) is 23.5 Å². The number of carbonyl (C=O) groups is 3. The van der Waals surface area contributed by atoms with Gasteiger partial charge in [-0.15, -0.1) is 0 Å². The van der Waals surface area contributed by atoms with Crippen molar-refractivity contribution in [2.75, 3.05) is 25.1 Å². The minimum absolute atomic E-state index is 0.112. The molecule has 0 radical (unpaired) electrons. The maximum absolute atomic E-state index is 12.1. The third-order valence-corrected chi connectivity index (χ3v) is 4.73. The molecule has 182 valence electrons. The number of nitrogens with zero attached hydrogens (tertiary/aromatic N) is 1. The Morgan fingerprint density at radius 3 is 2.53 bits per heavy atom. The topological polar surface area (TPSA) is 118 Å². The van der Waals surface area contributed by atoms with Crippen LogP contribution in [-0.4, -0.2) is 49.8 Å². The number of benzene rings is 2. The van der Waals surface area contributed by atoms with E-state index in [0.29, 0.717) is 35.8 Å². The average molecular weight is 509 g/mol. The van der Waals surface area contributed by atoms with E-state index in [1.54, 1.807) is 36.4 Å². The first-order valence-electron chi connectivity index (χ1n) is 10.5. The molecular formula is C23H26Cl2N4O5. The molecule has 0 saturated carbocycles. The Bertz CT molecular complexity index is 1030. The van der Waals surface area contributed by atoms with Crippen molar-refractivity contribution < 1.29 is 23.9 Å². The van der Waals surface area contributed by atoms with Crippen LogP contribution < -0.4 is 20.8 Å². The molecular weight excluding hydrogens is 483 g/mol. The molecule has 0 aromatic heterocycles. The summed E-state index contributed by atoms with van der Waals surface area (Å²) in [6.45, 7) is 4.37. The van der Waals surface area contributed by atoms with Gasteiger partial charge in [-0.3, -0.25) is 14.4 Å². The SMILES string of the molecule is CC(C)OCCCNC(=O)C(=O)N/N=C\c1ccc(OCC(=O)Nc2ccccc2Cl)c(Cl)c1. The number of ether oxygens (including phenoxy) is 2. The lowest BCUT2D eigenvalue weighted by Crippen LogP contribution is -2.38. The lowest BCUT2D eigenvalue weighted by molar-refractivity contribution is -0.139. The zero-order valence-corrected chi connectivity index (χ0v) is 20.3. The lowest BCUT2D eigenvalue weighted by atomic mass is 10.2. The van der Waals surface area contributed by atoms with Crippen molar-refractivity contribution in [2.45, 2.75) is 26.4 Å². The number of hydrogen-bond donors (Lipinski definition) is 3. The summed E-state index contributed by atoms with van der Waals surface area (Å²) < 4.78 is 10.8. The molecule has 0 atom stereocenters. The average Bonchev–Trinajstić information content (AvgIpc) is 2.79. The van der Waals surface area contributed by atoms with Crippen LogP contribution >= 0.6 is 23.2 Å². The number of para-hydroxylation sites is 1. The third-order valence-electron chi connectivity index (χ3n) is 4.11. The van der Waals surface area contributed by atoms with Crippen LogP contribution in [0.3, 0.4) is 0 Å². The first-order valence-corrected chi connectivity index (χ1v) is 11.2. The predicted molar refractivity (Wildman–Crippen MR) is 131 cm³/mol. The van der Waals surface area contributed by atoms with Gasteiger partial charge in [0.15, 0.2) is 6.61 Å². The number of amides is 3. The van der Waals surface area contributed by atoms with Crippen molar-refractivity contribution in [3.63, 3.8) is 0 Å². The van der Waals surface area contributed by atoms with Gasteiger partial charge in [-0.25, -0.2) is 5.43 Å². The molecule has 0 spiro atoms. The Hall–Kier alpha value is -3.14. The molecule has 0 aliphatic rings. The van der Waals surface area contributed by atoms with Crippen LogP contribution in [0, 0.1) is 0 Å². The van der Waals surface area contributed by atoms with E-state index in [1.807, 2.05) is 13.8 Å². The number of hydrazone groups is 1. The van der Waals surface area contributed by atoms with Crippen LogP contribution in [0.5, 0.6) is 5.75 Å². The zero-order valence-electron chi connectivity index (χ0n) is 18.8. The van der Waals surface area contributed by atoms with Gasteiger partial charge in [0.05, 0.1) is 28.1 Å². The summed E-state index contributed by atoms with van der Waals surface area (Å²) in [5.41, 5.74) is 3.16. The molecule has 34 heavy (non-hydrogen) atoms. The number of anilines is 1. The first-order chi connectivity index (χ1) is 16.3. The smallest absolute Gasteiger partial charge is 0.329 e.